The van der Waals surface area contributed by atoms with E-state index in [1.807, 2.05) is 12.1 Å². The third-order valence-electron chi connectivity index (χ3n) is 4.78. The molecule has 4 rings (SSSR count). The minimum absolute atomic E-state index is 0.0298. The van der Waals surface area contributed by atoms with E-state index in [1.54, 1.807) is 26.1 Å². The average molecular weight is 387 g/mol. The maximum atomic E-state index is 12.8. The van der Waals surface area contributed by atoms with Gasteiger partial charge in [-0.25, -0.2) is 4.79 Å². The van der Waals surface area contributed by atoms with Gasteiger partial charge >= 0.3 is 5.63 Å². The van der Waals surface area contributed by atoms with Gasteiger partial charge in [0, 0.05) is 12.4 Å². The van der Waals surface area contributed by atoms with Crippen LogP contribution in [0.2, 0.25) is 0 Å². The molecule has 7 heteroatoms. The highest BCUT2D eigenvalue weighted by molar-refractivity contribution is 6.06. The van der Waals surface area contributed by atoms with Gasteiger partial charge in [0.2, 0.25) is 0 Å². The van der Waals surface area contributed by atoms with Crippen molar-refractivity contribution in [1.29, 1.82) is 0 Å². The normalized spacial score (nSPS) is 11.9. The molecule has 2 aromatic carbocycles. The zero-order valence-electron chi connectivity index (χ0n) is 15.6. The first-order chi connectivity index (χ1) is 13.9. The van der Waals surface area contributed by atoms with Gasteiger partial charge in [0.1, 0.15) is 0 Å². The number of benzene rings is 2. The van der Waals surface area contributed by atoms with Gasteiger partial charge in [-0.15, -0.1) is 0 Å². The number of pyridine rings is 1. The molecule has 7 nitrogen and oxygen atoms in total. The third-order valence-corrected chi connectivity index (χ3v) is 4.78. The van der Waals surface area contributed by atoms with Crippen molar-refractivity contribution in [2.75, 3.05) is 0 Å². The van der Waals surface area contributed by atoms with Crippen LogP contribution < -0.4 is 16.3 Å². The van der Waals surface area contributed by atoms with Crippen LogP contribution in [0, 0.1) is 0 Å². The summed E-state index contributed by atoms with van der Waals surface area (Å²) in [5, 5.41) is 11.8. The van der Waals surface area contributed by atoms with Crippen molar-refractivity contribution in [2.24, 2.45) is 12.0 Å². The molecular weight excluding hydrogens is 372 g/mol. The number of carbonyl (C=O) groups excluding carboxylic acids is 1. The number of hydrogen-bond donors (Lipinski definition) is 0. The number of aliphatic imine (C=N–C) groups is 1. The van der Waals surface area contributed by atoms with Crippen LogP contribution >= 0.6 is 0 Å². The third kappa shape index (κ3) is 3.12. The Morgan fingerprint density at radius 2 is 1.72 bits per heavy atom. The van der Waals surface area contributed by atoms with Crippen molar-refractivity contribution in [3.63, 3.8) is 0 Å². The van der Waals surface area contributed by atoms with Gasteiger partial charge in [-0.2, -0.15) is 0 Å². The zero-order valence-corrected chi connectivity index (χ0v) is 15.6. The van der Waals surface area contributed by atoms with Gasteiger partial charge < -0.3 is 18.9 Å². The minimum atomic E-state index is -1.28. The van der Waals surface area contributed by atoms with Crippen molar-refractivity contribution >= 4 is 39.2 Å². The number of fused-ring (bicyclic) bond motifs is 3. The Morgan fingerprint density at radius 1 is 1.03 bits per heavy atom. The number of aryl methyl sites for hydroxylation is 1. The highest BCUT2D eigenvalue weighted by atomic mass is 16.4. The number of para-hydroxylation sites is 1. The molecule has 0 amide bonds. The summed E-state index contributed by atoms with van der Waals surface area (Å²) < 4.78 is 7.02. The molecule has 29 heavy (non-hydrogen) atoms. The van der Waals surface area contributed by atoms with E-state index in [4.69, 9.17) is 4.42 Å². The monoisotopic (exact) mass is 387 g/mol. The lowest BCUT2D eigenvalue weighted by atomic mass is 10.1. The number of carbonyl (C=O) groups is 1. The fraction of sp³-hybridized carbons (Fsp3) is 0.0909. The summed E-state index contributed by atoms with van der Waals surface area (Å²) in [5.74, 6) is -1.28. The van der Waals surface area contributed by atoms with Crippen molar-refractivity contribution in [2.45, 2.75) is 6.92 Å². The minimum Gasteiger partial charge on any atom is -0.545 e. The molecule has 2 aromatic heterocycles. The molecule has 0 aliphatic rings. The van der Waals surface area contributed by atoms with E-state index >= 15 is 0 Å². The summed E-state index contributed by atoms with van der Waals surface area (Å²) in [6, 6.07) is 14.4. The number of rotatable bonds is 3. The van der Waals surface area contributed by atoms with Crippen LogP contribution in [0.5, 0.6) is 0 Å². The quantitative estimate of drug-likeness (QED) is 0.396. The van der Waals surface area contributed by atoms with E-state index < -0.39 is 11.6 Å². The molecule has 0 unspecified atom stereocenters. The smallest absolute Gasteiger partial charge is 0.345 e. The molecule has 0 aliphatic carbocycles. The maximum absolute atomic E-state index is 12.8. The number of aromatic carboxylic acids is 1. The van der Waals surface area contributed by atoms with Crippen molar-refractivity contribution < 1.29 is 14.3 Å². The number of carboxylic acids is 1. The number of nitrogens with zero attached hydrogens (tertiary/aromatic N) is 2. The molecule has 0 bridgehead atoms. The van der Waals surface area contributed by atoms with Gasteiger partial charge in [-0.05, 0) is 42.8 Å². The van der Waals surface area contributed by atoms with E-state index in [0.717, 1.165) is 0 Å². The van der Waals surface area contributed by atoms with Crippen LogP contribution in [0.3, 0.4) is 0 Å². The maximum Gasteiger partial charge on any atom is 0.345 e. The summed E-state index contributed by atoms with van der Waals surface area (Å²) in [4.78, 5) is 40.6. The molecule has 0 aliphatic heterocycles. The van der Waals surface area contributed by atoms with E-state index in [0.29, 0.717) is 22.3 Å². The summed E-state index contributed by atoms with van der Waals surface area (Å²) in [6.45, 7) is 1.62. The second kappa shape index (κ2) is 6.87. The van der Waals surface area contributed by atoms with Gasteiger partial charge in [0.25, 0.3) is 5.56 Å². The summed E-state index contributed by atoms with van der Waals surface area (Å²) in [6.07, 6.45) is 0. The summed E-state index contributed by atoms with van der Waals surface area (Å²) in [5.41, 5.74) is 1.01. The molecule has 0 fully saturated rings. The lowest BCUT2D eigenvalue weighted by Gasteiger charge is -2.09. The van der Waals surface area contributed by atoms with Gasteiger partial charge in [-0.1, -0.05) is 24.3 Å². The second-order valence-corrected chi connectivity index (χ2v) is 6.60. The van der Waals surface area contributed by atoms with Crippen LogP contribution in [0.4, 0.5) is 5.69 Å². The first-order valence-corrected chi connectivity index (χ1v) is 8.79. The van der Waals surface area contributed by atoms with Crippen LogP contribution in [0.15, 0.2) is 73.6 Å². The number of hydrogen-bond acceptors (Lipinski definition) is 6. The van der Waals surface area contributed by atoms with Crippen molar-refractivity contribution in [1.82, 2.24) is 4.57 Å². The molecule has 0 N–H and O–H groups in total. The average Bonchev–Trinajstić information content (AvgIpc) is 2.72. The molecule has 0 atom stereocenters. The summed E-state index contributed by atoms with van der Waals surface area (Å²) in [7, 11) is 1.66. The van der Waals surface area contributed by atoms with E-state index in [9.17, 15) is 19.5 Å². The predicted octanol–water partition coefficient (Wildman–Crippen LogP) is 2.15. The molecule has 0 saturated carbocycles. The lowest BCUT2D eigenvalue weighted by Crippen LogP contribution is -2.21. The SMILES string of the molecule is CC(=Nc1ccc(C(=O)[O-])cc1)c1cc2c(=O)n(C)c3ccccc3c2oc1=O. The molecule has 0 radical (unpaired) electrons. The molecule has 0 spiro atoms. The van der Waals surface area contributed by atoms with Crippen LogP contribution in [-0.4, -0.2) is 16.2 Å². The van der Waals surface area contributed by atoms with Crippen molar-refractivity contribution in [3.8, 4) is 0 Å². The van der Waals surface area contributed by atoms with Crippen LogP contribution in [0.25, 0.3) is 21.9 Å². The van der Waals surface area contributed by atoms with Gasteiger partial charge in [-0.3, -0.25) is 9.79 Å². The Balaban J connectivity index is 1.90. The van der Waals surface area contributed by atoms with Gasteiger partial charge in [0.15, 0.2) is 5.58 Å². The second-order valence-electron chi connectivity index (χ2n) is 6.60. The Kier molecular flexibility index (Phi) is 4.35. The van der Waals surface area contributed by atoms with Gasteiger partial charge in [0.05, 0.1) is 33.8 Å². The van der Waals surface area contributed by atoms with Crippen molar-refractivity contribution in [3.05, 3.63) is 86.5 Å². The topological polar surface area (TPSA) is 105 Å². The lowest BCUT2D eigenvalue weighted by molar-refractivity contribution is -0.255. The predicted molar refractivity (Wildman–Crippen MR) is 108 cm³/mol. The molecule has 2 heterocycles. The van der Waals surface area contributed by atoms with Crippen LogP contribution in [-0.2, 0) is 7.05 Å². The Labute approximate surface area is 164 Å². The fourth-order valence-corrected chi connectivity index (χ4v) is 3.26. The van der Waals surface area contributed by atoms with E-state index in [1.165, 1.54) is 34.9 Å². The molecule has 4 aromatic rings. The van der Waals surface area contributed by atoms with Crippen LogP contribution in [0.1, 0.15) is 22.8 Å². The number of aromatic nitrogens is 1. The number of carboxylic acid groups (broad SMARTS) is 1. The first-order valence-electron chi connectivity index (χ1n) is 8.79. The highest BCUT2D eigenvalue weighted by Gasteiger charge is 2.15. The van der Waals surface area contributed by atoms with E-state index in [-0.39, 0.29) is 27.7 Å². The summed E-state index contributed by atoms with van der Waals surface area (Å²) >= 11 is 0. The standard InChI is InChI=1S/C22H16N2O5/c1-12(23-14-9-7-13(8-10-14)21(26)27)16-11-17-19(29-22(16)28)15-5-3-4-6-18(15)24(2)20(17)25/h3-11H,1-2H3,(H,26,27)/p-1. The molecular formula is C22H15N2O5-. The van der Waals surface area contributed by atoms with E-state index in [2.05, 4.69) is 4.99 Å². The molecule has 0 saturated heterocycles. The zero-order chi connectivity index (χ0) is 20.7. The Morgan fingerprint density at radius 3 is 2.41 bits per heavy atom. The Bertz CT molecular complexity index is 1430. The fourth-order valence-electron chi connectivity index (χ4n) is 3.26. The molecule has 144 valence electrons. The first kappa shape index (κ1) is 18.4. The Hall–Kier alpha value is -4.00. The highest BCUT2D eigenvalue weighted by Crippen LogP contribution is 2.22. The largest absolute Gasteiger partial charge is 0.545 e.